The minimum atomic E-state index is -3.25. The maximum absolute atomic E-state index is 12.9. The Morgan fingerprint density at radius 3 is 2.50 bits per heavy atom. The predicted molar refractivity (Wildman–Crippen MR) is 114 cm³/mol. The van der Waals surface area contributed by atoms with Gasteiger partial charge in [-0.15, -0.1) is 0 Å². The fourth-order valence-electron chi connectivity index (χ4n) is 4.04. The number of sulfonamides is 1. The molecule has 2 heterocycles. The van der Waals surface area contributed by atoms with Crippen molar-refractivity contribution in [3.63, 3.8) is 0 Å². The third-order valence-electron chi connectivity index (χ3n) is 5.74. The van der Waals surface area contributed by atoms with E-state index >= 15 is 0 Å². The van der Waals surface area contributed by atoms with Crippen LogP contribution in [-0.2, 0) is 14.8 Å². The summed E-state index contributed by atoms with van der Waals surface area (Å²) in [6, 6.07) is 4.76. The summed E-state index contributed by atoms with van der Waals surface area (Å²) in [5, 5.41) is 3.47. The van der Waals surface area contributed by atoms with Crippen molar-refractivity contribution in [1.82, 2.24) is 14.5 Å². The zero-order chi connectivity index (χ0) is 21.9. The lowest BCUT2D eigenvalue weighted by Gasteiger charge is -2.35. The van der Waals surface area contributed by atoms with Crippen LogP contribution in [0.2, 0.25) is 5.02 Å². The molecule has 30 heavy (non-hydrogen) atoms. The number of carbonyl (C=O) groups is 2. The first kappa shape index (κ1) is 22.8. The fraction of sp³-hybridized carbons (Fsp3) is 0.600. The van der Waals surface area contributed by atoms with E-state index < -0.39 is 10.0 Å². The Morgan fingerprint density at radius 2 is 1.87 bits per heavy atom. The van der Waals surface area contributed by atoms with Crippen molar-refractivity contribution in [1.29, 1.82) is 0 Å². The monoisotopic (exact) mass is 457 g/mol. The van der Waals surface area contributed by atoms with Crippen LogP contribution < -0.4 is 10.1 Å². The first-order chi connectivity index (χ1) is 14.2. The maximum atomic E-state index is 12.9. The summed E-state index contributed by atoms with van der Waals surface area (Å²) >= 11 is 6.03. The lowest BCUT2D eigenvalue weighted by Crippen LogP contribution is -2.51. The molecule has 1 aromatic rings. The molecule has 1 unspecified atom stereocenters. The van der Waals surface area contributed by atoms with Crippen LogP contribution in [0.4, 0.5) is 0 Å². The number of nitrogens with one attached hydrogen (secondary N) is 1. The van der Waals surface area contributed by atoms with Crippen LogP contribution in [-0.4, -0.2) is 75.0 Å². The van der Waals surface area contributed by atoms with Gasteiger partial charge in [0.15, 0.2) is 0 Å². The Hall–Kier alpha value is -1.84. The van der Waals surface area contributed by atoms with Gasteiger partial charge in [-0.2, -0.15) is 0 Å². The SMILES string of the molecule is COc1ccc(Cl)cc1C(=O)N1CCC(C(=O)NC2CCCN(S(C)(=O)=O)C2)CC1. The molecule has 0 bridgehead atoms. The van der Waals surface area contributed by atoms with Crippen molar-refractivity contribution < 1.29 is 22.7 Å². The van der Waals surface area contributed by atoms with Gasteiger partial charge in [0.1, 0.15) is 5.75 Å². The molecular weight excluding hydrogens is 430 g/mol. The molecule has 8 nitrogen and oxygen atoms in total. The van der Waals surface area contributed by atoms with Crippen molar-refractivity contribution >= 4 is 33.4 Å². The average molecular weight is 458 g/mol. The Bertz CT molecular complexity index is 900. The number of hydrogen-bond acceptors (Lipinski definition) is 5. The van der Waals surface area contributed by atoms with Gasteiger partial charge in [-0.3, -0.25) is 9.59 Å². The highest BCUT2D eigenvalue weighted by Gasteiger charge is 2.32. The topological polar surface area (TPSA) is 96.0 Å². The van der Waals surface area contributed by atoms with Crippen LogP contribution in [0.1, 0.15) is 36.0 Å². The number of benzene rings is 1. The van der Waals surface area contributed by atoms with Crippen molar-refractivity contribution in [2.24, 2.45) is 5.92 Å². The predicted octanol–water partition coefficient (Wildman–Crippen LogP) is 1.74. The molecular formula is C20H28ClN3O5S. The molecule has 0 aliphatic carbocycles. The highest BCUT2D eigenvalue weighted by atomic mass is 35.5. The number of ether oxygens (including phenoxy) is 1. The molecule has 0 radical (unpaired) electrons. The van der Waals surface area contributed by atoms with Crippen LogP contribution in [0, 0.1) is 5.92 Å². The molecule has 2 aliphatic rings. The molecule has 1 aromatic carbocycles. The summed E-state index contributed by atoms with van der Waals surface area (Å²) in [6.07, 6.45) is 3.81. The van der Waals surface area contributed by atoms with Gasteiger partial charge in [-0.25, -0.2) is 12.7 Å². The number of likely N-dealkylation sites (tertiary alicyclic amines) is 1. The molecule has 2 aliphatic heterocycles. The minimum Gasteiger partial charge on any atom is -0.496 e. The molecule has 3 rings (SSSR count). The van der Waals surface area contributed by atoms with Crippen molar-refractivity contribution in [2.75, 3.05) is 39.5 Å². The number of hydrogen-bond donors (Lipinski definition) is 1. The summed E-state index contributed by atoms with van der Waals surface area (Å²) in [4.78, 5) is 27.3. The fourth-order valence-corrected chi connectivity index (χ4v) is 5.13. The number of methoxy groups -OCH3 is 1. The van der Waals surface area contributed by atoms with E-state index in [1.807, 2.05) is 0 Å². The number of nitrogens with zero attached hydrogens (tertiary/aromatic N) is 2. The first-order valence-electron chi connectivity index (χ1n) is 10.1. The van der Waals surface area contributed by atoms with Crippen LogP contribution in [0.25, 0.3) is 0 Å². The number of carbonyl (C=O) groups excluding carboxylic acids is 2. The second kappa shape index (κ2) is 9.53. The minimum absolute atomic E-state index is 0.0669. The van der Waals surface area contributed by atoms with Crippen LogP contribution in [0.15, 0.2) is 18.2 Å². The van der Waals surface area contributed by atoms with E-state index in [0.29, 0.717) is 55.4 Å². The summed E-state index contributed by atoms with van der Waals surface area (Å²) in [5.41, 5.74) is 0.413. The van der Waals surface area contributed by atoms with Gasteiger partial charge >= 0.3 is 0 Å². The zero-order valence-electron chi connectivity index (χ0n) is 17.3. The smallest absolute Gasteiger partial charge is 0.257 e. The van der Waals surface area contributed by atoms with Gasteiger partial charge in [0.05, 0.1) is 18.9 Å². The quantitative estimate of drug-likeness (QED) is 0.726. The van der Waals surface area contributed by atoms with E-state index in [9.17, 15) is 18.0 Å². The van der Waals surface area contributed by atoms with Gasteiger partial charge in [-0.1, -0.05) is 11.6 Å². The number of amides is 2. The van der Waals surface area contributed by atoms with E-state index in [1.54, 1.807) is 23.1 Å². The summed E-state index contributed by atoms with van der Waals surface area (Å²) in [5.74, 6) is 0.0491. The molecule has 0 aromatic heterocycles. The van der Waals surface area contributed by atoms with Gasteiger partial charge in [0, 0.05) is 43.2 Å². The molecule has 2 saturated heterocycles. The normalized spacial score (nSPS) is 21.3. The number of rotatable bonds is 5. The van der Waals surface area contributed by atoms with E-state index in [-0.39, 0.29) is 23.8 Å². The third-order valence-corrected chi connectivity index (χ3v) is 7.25. The lowest BCUT2D eigenvalue weighted by atomic mass is 9.94. The Kier molecular flexibility index (Phi) is 7.26. The molecule has 0 spiro atoms. The number of halogens is 1. The standard InChI is InChI=1S/C20H28ClN3O5S/c1-29-18-6-5-15(21)12-17(18)20(26)23-10-7-14(8-11-23)19(25)22-16-4-3-9-24(13-16)30(2,27)28/h5-6,12,14,16H,3-4,7-11,13H2,1-2H3,(H,22,25). The van der Waals surface area contributed by atoms with Gasteiger partial charge in [0.2, 0.25) is 15.9 Å². The average Bonchev–Trinajstić information content (AvgIpc) is 2.73. The molecule has 0 saturated carbocycles. The molecule has 166 valence electrons. The van der Waals surface area contributed by atoms with E-state index in [4.69, 9.17) is 16.3 Å². The van der Waals surface area contributed by atoms with Crippen LogP contribution in [0.5, 0.6) is 5.75 Å². The van der Waals surface area contributed by atoms with Gasteiger partial charge < -0.3 is 15.0 Å². The largest absolute Gasteiger partial charge is 0.496 e. The highest BCUT2D eigenvalue weighted by molar-refractivity contribution is 7.88. The highest BCUT2D eigenvalue weighted by Crippen LogP contribution is 2.26. The zero-order valence-corrected chi connectivity index (χ0v) is 18.8. The molecule has 10 heteroatoms. The van der Waals surface area contributed by atoms with Crippen LogP contribution in [0.3, 0.4) is 0 Å². The summed E-state index contributed by atoms with van der Waals surface area (Å²) < 4.78 is 30.2. The van der Waals surface area contributed by atoms with Crippen molar-refractivity contribution in [3.05, 3.63) is 28.8 Å². The molecule has 1 N–H and O–H groups in total. The number of piperidine rings is 2. The Labute approximate surface area is 182 Å². The van der Waals surface area contributed by atoms with E-state index in [1.165, 1.54) is 17.7 Å². The summed E-state index contributed by atoms with van der Waals surface area (Å²) in [6.45, 7) is 1.74. The van der Waals surface area contributed by atoms with Crippen molar-refractivity contribution in [2.45, 2.75) is 31.7 Å². The van der Waals surface area contributed by atoms with Gasteiger partial charge in [0.25, 0.3) is 5.91 Å². The maximum Gasteiger partial charge on any atom is 0.257 e. The molecule has 1 atom stereocenters. The Balaban J connectivity index is 1.54. The third kappa shape index (κ3) is 5.44. The Morgan fingerprint density at radius 1 is 1.17 bits per heavy atom. The van der Waals surface area contributed by atoms with Crippen LogP contribution >= 0.6 is 11.6 Å². The molecule has 2 fully saturated rings. The second-order valence-corrected chi connectivity index (χ2v) is 10.3. The van der Waals surface area contributed by atoms with Gasteiger partial charge in [-0.05, 0) is 43.9 Å². The summed E-state index contributed by atoms with van der Waals surface area (Å²) in [7, 11) is -1.75. The first-order valence-corrected chi connectivity index (χ1v) is 12.3. The van der Waals surface area contributed by atoms with Crippen molar-refractivity contribution in [3.8, 4) is 5.75 Å². The second-order valence-electron chi connectivity index (χ2n) is 7.88. The lowest BCUT2D eigenvalue weighted by molar-refractivity contribution is -0.127. The van der Waals surface area contributed by atoms with E-state index in [2.05, 4.69) is 5.32 Å². The van der Waals surface area contributed by atoms with E-state index in [0.717, 1.165) is 12.8 Å². The molecule has 2 amide bonds.